The van der Waals surface area contributed by atoms with Crippen molar-refractivity contribution in [2.75, 3.05) is 12.3 Å². The summed E-state index contributed by atoms with van der Waals surface area (Å²) >= 11 is 1.04. The van der Waals surface area contributed by atoms with E-state index in [4.69, 9.17) is 5.73 Å². The number of carbonyl (C=O) groups excluding carboxylic acids is 3. The molecule has 2 aliphatic heterocycles. The highest BCUT2D eigenvalue weighted by atomic mass is 32.1. The average Bonchev–Trinajstić information content (AvgIpc) is 3.06. The van der Waals surface area contributed by atoms with Crippen LogP contribution in [0.2, 0.25) is 0 Å². The summed E-state index contributed by atoms with van der Waals surface area (Å²) in [4.78, 5) is 40.1. The zero-order chi connectivity index (χ0) is 16.8. The number of alkyl halides is 2. The van der Waals surface area contributed by atoms with Crippen molar-refractivity contribution in [3.8, 4) is 0 Å². The number of thiazole rings is 1. The molecule has 3 rings (SSSR count). The number of piperidine rings is 1. The van der Waals surface area contributed by atoms with Crippen LogP contribution in [-0.4, -0.2) is 52.3 Å². The number of fused-ring (bicyclic) bond motifs is 2. The van der Waals surface area contributed by atoms with Gasteiger partial charge in [0.25, 0.3) is 17.7 Å². The van der Waals surface area contributed by atoms with E-state index in [2.05, 4.69) is 15.7 Å². The smallest absolute Gasteiger partial charge is 0.318 e. The van der Waals surface area contributed by atoms with Crippen LogP contribution in [0.4, 0.5) is 18.7 Å². The monoisotopic (exact) mass is 346 g/mol. The van der Waals surface area contributed by atoms with Crippen molar-refractivity contribution >= 4 is 34.3 Å². The van der Waals surface area contributed by atoms with E-state index >= 15 is 0 Å². The first kappa shape index (κ1) is 15.4. The molecule has 1 aromatic heterocycles. The SMILES string of the molecule is Nc1nc(C(=O)NNC(=O)C2CC(F)(F)C3CN2C(=O)N3)cs1. The van der Waals surface area contributed by atoms with Crippen LogP contribution in [0.1, 0.15) is 16.9 Å². The Morgan fingerprint density at radius 1 is 1.48 bits per heavy atom. The van der Waals surface area contributed by atoms with E-state index in [-0.39, 0.29) is 17.4 Å². The number of amides is 4. The first-order valence-electron chi connectivity index (χ1n) is 6.54. The average molecular weight is 346 g/mol. The van der Waals surface area contributed by atoms with Gasteiger partial charge in [0, 0.05) is 18.3 Å². The summed E-state index contributed by atoms with van der Waals surface area (Å²) in [6, 6.07) is -3.40. The van der Waals surface area contributed by atoms with E-state index in [0.717, 1.165) is 16.2 Å². The second-order valence-electron chi connectivity index (χ2n) is 5.15. The molecular formula is C11H12F2N6O3S. The van der Waals surface area contributed by atoms with Gasteiger partial charge < -0.3 is 16.0 Å². The Hall–Kier alpha value is -2.50. The number of aromatic nitrogens is 1. The topological polar surface area (TPSA) is 129 Å². The Morgan fingerprint density at radius 2 is 2.22 bits per heavy atom. The third-order valence-corrected chi connectivity index (χ3v) is 4.32. The van der Waals surface area contributed by atoms with Crippen molar-refractivity contribution in [3.05, 3.63) is 11.1 Å². The number of nitrogens with zero attached hydrogens (tertiary/aromatic N) is 2. The van der Waals surface area contributed by atoms with Crippen LogP contribution >= 0.6 is 11.3 Å². The van der Waals surface area contributed by atoms with Gasteiger partial charge in [0.2, 0.25) is 0 Å². The maximum absolute atomic E-state index is 13.8. The molecule has 9 nitrogen and oxygen atoms in total. The van der Waals surface area contributed by atoms with Gasteiger partial charge in [-0.1, -0.05) is 0 Å². The number of rotatable bonds is 2. The Kier molecular flexibility index (Phi) is 3.55. The van der Waals surface area contributed by atoms with Gasteiger partial charge in [0.1, 0.15) is 17.8 Å². The predicted octanol–water partition coefficient (Wildman–Crippen LogP) is -0.712. The Balaban J connectivity index is 1.64. The fourth-order valence-electron chi connectivity index (χ4n) is 2.47. The van der Waals surface area contributed by atoms with Gasteiger partial charge in [-0.3, -0.25) is 20.4 Å². The van der Waals surface area contributed by atoms with E-state index in [1.165, 1.54) is 5.38 Å². The third-order valence-electron chi connectivity index (χ3n) is 3.65. The molecule has 0 spiro atoms. The molecule has 0 aromatic carbocycles. The molecule has 2 aliphatic rings. The van der Waals surface area contributed by atoms with Crippen molar-refractivity contribution in [1.82, 2.24) is 26.1 Å². The van der Waals surface area contributed by atoms with Gasteiger partial charge in [-0.05, 0) is 0 Å². The molecule has 2 unspecified atom stereocenters. The van der Waals surface area contributed by atoms with Crippen LogP contribution in [0.3, 0.4) is 0 Å². The van der Waals surface area contributed by atoms with E-state index in [0.29, 0.717) is 0 Å². The molecule has 23 heavy (non-hydrogen) atoms. The Labute approximate surface area is 132 Å². The molecule has 2 fully saturated rings. The van der Waals surface area contributed by atoms with E-state index < -0.39 is 42.3 Å². The zero-order valence-electron chi connectivity index (χ0n) is 11.5. The number of halogens is 2. The number of hydrazine groups is 1. The summed E-state index contributed by atoms with van der Waals surface area (Å²) in [5.41, 5.74) is 9.46. The second-order valence-corrected chi connectivity index (χ2v) is 6.04. The number of nitrogens with two attached hydrogens (primary N) is 1. The van der Waals surface area contributed by atoms with E-state index in [1.807, 2.05) is 5.43 Å². The lowest BCUT2D eigenvalue weighted by atomic mass is 9.96. The van der Waals surface area contributed by atoms with Crippen LogP contribution < -0.4 is 21.9 Å². The molecule has 2 atom stereocenters. The first-order valence-corrected chi connectivity index (χ1v) is 7.42. The quantitative estimate of drug-likeness (QED) is 0.526. The molecule has 2 bridgehead atoms. The van der Waals surface area contributed by atoms with Crippen LogP contribution in [0, 0.1) is 0 Å². The first-order chi connectivity index (χ1) is 10.8. The maximum Gasteiger partial charge on any atom is 0.318 e. The van der Waals surface area contributed by atoms with Crippen molar-refractivity contribution in [3.63, 3.8) is 0 Å². The van der Waals surface area contributed by atoms with Gasteiger partial charge in [0.05, 0.1) is 0 Å². The summed E-state index contributed by atoms with van der Waals surface area (Å²) in [5.74, 6) is -4.84. The molecule has 2 saturated heterocycles. The molecule has 0 radical (unpaired) electrons. The fourth-order valence-corrected chi connectivity index (χ4v) is 3.01. The van der Waals surface area contributed by atoms with E-state index in [1.54, 1.807) is 0 Å². The Morgan fingerprint density at radius 3 is 2.87 bits per heavy atom. The standard InChI is InChI=1S/C11H12F2N6O3S/c12-11(13)1-5(19-2-6(11)16-10(19)22)8(21)18-17-7(20)4-3-23-9(14)15-4/h3,5-6H,1-2H2,(H2,14,15)(H,16,22)(H,17,20)(H,18,21). The van der Waals surface area contributed by atoms with Gasteiger partial charge in [0.15, 0.2) is 5.13 Å². The number of anilines is 1. The predicted molar refractivity (Wildman–Crippen MR) is 74.5 cm³/mol. The lowest BCUT2D eigenvalue weighted by Gasteiger charge is -2.34. The minimum atomic E-state index is -3.20. The van der Waals surface area contributed by atoms with E-state index in [9.17, 15) is 23.2 Å². The molecule has 0 aliphatic carbocycles. The van der Waals surface area contributed by atoms with Gasteiger partial charge in [-0.25, -0.2) is 18.6 Å². The lowest BCUT2D eigenvalue weighted by Crippen LogP contribution is -2.58. The third kappa shape index (κ3) is 2.76. The van der Waals surface area contributed by atoms with Crippen molar-refractivity contribution in [2.24, 2.45) is 0 Å². The van der Waals surface area contributed by atoms with Crippen LogP contribution in [0.25, 0.3) is 0 Å². The van der Waals surface area contributed by atoms with Crippen molar-refractivity contribution in [2.45, 2.75) is 24.4 Å². The molecule has 3 heterocycles. The number of urea groups is 1. The number of hydrogen-bond acceptors (Lipinski definition) is 6. The summed E-state index contributed by atoms with van der Waals surface area (Å²) in [7, 11) is 0. The van der Waals surface area contributed by atoms with Gasteiger partial charge in [-0.2, -0.15) is 0 Å². The summed E-state index contributed by atoms with van der Waals surface area (Å²) in [6.45, 7) is -0.263. The van der Waals surface area contributed by atoms with Crippen LogP contribution in [0.15, 0.2) is 5.38 Å². The molecule has 1 aromatic rings. The highest BCUT2D eigenvalue weighted by molar-refractivity contribution is 7.13. The van der Waals surface area contributed by atoms with Crippen molar-refractivity contribution < 1.29 is 23.2 Å². The second kappa shape index (κ2) is 5.30. The summed E-state index contributed by atoms with van der Waals surface area (Å²) in [5, 5.41) is 3.68. The van der Waals surface area contributed by atoms with Gasteiger partial charge in [-0.15, -0.1) is 11.3 Å². The lowest BCUT2D eigenvalue weighted by molar-refractivity contribution is -0.134. The molecule has 124 valence electrons. The minimum Gasteiger partial charge on any atom is -0.375 e. The van der Waals surface area contributed by atoms with Crippen LogP contribution in [0.5, 0.6) is 0 Å². The molecule has 5 N–H and O–H groups in total. The number of nitrogen functional groups attached to an aromatic ring is 1. The largest absolute Gasteiger partial charge is 0.375 e. The van der Waals surface area contributed by atoms with Gasteiger partial charge >= 0.3 is 6.03 Å². The minimum absolute atomic E-state index is 0.0132. The normalized spacial score (nSPS) is 25.0. The highest BCUT2D eigenvalue weighted by Crippen LogP contribution is 2.35. The number of carbonyl (C=O) groups is 3. The fraction of sp³-hybridized carbons (Fsp3) is 0.455. The molecule has 12 heteroatoms. The summed E-state index contributed by atoms with van der Waals surface area (Å²) < 4.78 is 27.6. The molecule has 4 amide bonds. The molecular weight excluding hydrogens is 334 g/mol. The molecule has 0 saturated carbocycles. The maximum atomic E-state index is 13.8. The summed E-state index contributed by atoms with van der Waals surface area (Å²) in [6.07, 6.45) is -0.818. The zero-order valence-corrected chi connectivity index (χ0v) is 12.3. The Bertz CT molecular complexity index is 680. The highest BCUT2D eigenvalue weighted by Gasteiger charge is 2.56. The van der Waals surface area contributed by atoms with Crippen LogP contribution in [-0.2, 0) is 4.79 Å². The number of hydrogen-bond donors (Lipinski definition) is 4. The number of nitrogens with one attached hydrogen (secondary N) is 3. The van der Waals surface area contributed by atoms with Crippen molar-refractivity contribution in [1.29, 1.82) is 0 Å².